The Morgan fingerprint density at radius 1 is 0.926 bits per heavy atom. The Morgan fingerprint density at radius 2 is 1.59 bits per heavy atom. The fourth-order valence-corrected chi connectivity index (χ4v) is 2.51. The number of nitrogens with one attached hydrogen (secondary N) is 4. The third kappa shape index (κ3) is 4.77. The van der Waals surface area contributed by atoms with E-state index >= 15 is 0 Å². The van der Waals surface area contributed by atoms with E-state index in [0.717, 1.165) is 16.8 Å². The lowest BCUT2D eigenvalue weighted by atomic mass is 10.0. The second-order valence-electron chi connectivity index (χ2n) is 5.74. The maximum Gasteiger partial charge on any atom is 0.290 e. The van der Waals surface area contributed by atoms with Crippen molar-refractivity contribution in [3.05, 3.63) is 77.6 Å². The Labute approximate surface area is 161 Å². The number of rotatable bonds is 3. The van der Waals surface area contributed by atoms with E-state index < -0.39 is 5.91 Å². The van der Waals surface area contributed by atoms with Crippen molar-refractivity contribution < 1.29 is 9.59 Å². The molecule has 3 rings (SSSR count). The predicted octanol–water partition coefficient (Wildman–Crippen LogP) is 2.33. The first-order chi connectivity index (χ1) is 13.0. The van der Waals surface area contributed by atoms with Crippen LogP contribution in [0, 0.1) is 6.92 Å². The van der Waals surface area contributed by atoms with Gasteiger partial charge < -0.3 is 0 Å². The highest BCUT2D eigenvalue weighted by molar-refractivity contribution is 7.80. The molecule has 0 unspecified atom stereocenters. The quantitative estimate of drug-likeness (QED) is 0.414. The van der Waals surface area contributed by atoms with Crippen molar-refractivity contribution in [3.63, 3.8) is 0 Å². The first-order valence-electron chi connectivity index (χ1n) is 8.12. The lowest BCUT2D eigenvalue weighted by Gasteiger charge is -2.10. The van der Waals surface area contributed by atoms with E-state index in [1.54, 1.807) is 25.1 Å². The first kappa shape index (κ1) is 18.3. The number of hydrogen-bond acceptors (Lipinski definition) is 4. The van der Waals surface area contributed by atoms with Crippen molar-refractivity contribution in [2.24, 2.45) is 0 Å². The maximum atomic E-state index is 12.3. The molecule has 0 aliphatic heterocycles. The average Bonchev–Trinajstić information content (AvgIpc) is 3.13. The van der Waals surface area contributed by atoms with Gasteiger partial charge in [-0.05, 0) is 48.5 Å². The zero-order valence-corrected chi connectivity index (χ0v) is 15.3. The molecule has 1 heterocycles. The van der Waals surface area contributed by atoms with E-state index in [1.807, 2.05) is 42.5 Å². The summed E-state index contributed by atoms with van der Waals surface area (Å²) in [5, 5.41) is 8.98. The Hall–Kier alpha value is -3.52. The number of hydrogen-bond donors (Lipinski definition) is 4. The van der Waals surface area contributed by atoms with Crippen LogP contribution in [0.15, 0.2) is 60.7 Å². The number of amides is 2. The number of H-pyrrole nitrogens is 1. The van der Waals surface area contributed by atoms with Gasteiger partial charge >= 0.3 is 0 Å². The van der Waals surface area contributed by atoms with Crippen LogP contribution in [0.4, 0.5) is 0 Å². The van der Waals surface area contributed by atoms with Crippen molar-refractivity contribution in [1.29, 1.82) is 0 Å². The molecule has 0 spiro atoms. The summed E-state index contributed by atoms with van der Waals surface area (Å²) < 4.78 is 0. The number of benzene rings is 2. The van der Waals surface area contributed by atoms with Gasteiger partial charge in [-0.3, -0.25) is 30.9 Å². The van der Waals surface area contributed by atoms with Gasteiger partial charge in [0.1, 0.15) is 0 Å². The third-order valence-electron chi connectivity index (χ3n) is 3.71. The zero-order chi connectivity index (χ0) is 19.2. The molecule has 0 fully saturated rings. The van der Waals surface area contributed by atoms with Crippen LogP contribution in [-0.4, -0.2) is 27.1 Å². The number of hydrazine groups is 1. The molecule has 0 saturated heterocycles. The summed E-state index contributed by atoms with van der Waals surface area (Å²) in [5.41, 5.74) is 8.35. The van der Waals surface area contributed by atoms with E-state index in [9.17, 15) is 9.59 Å². The fourth-order valence-electron chi connectivity index (χ4n) is 2.36. The van der Waals surface area contributed by atoms with Gasteiger partial charge in [-0.15, -0.1) is 0 Å². The Bertz CT molecular complexity index is 967. The number of thiocarbonyl (C=S) groups is 1. The molecule has 27 heavy (non-hydrogen) atoms. The number of nitrogens with zero attached hydrogens (tertiary/aromatic N) is 1. The lowest BCUT2D eigenvalue weighted by Crippen LogP contribution is -2.48. The maximum absolute atomic E-state index is 12.3. The van der Waals surface area contributed by atoms with Gasteiger partial charge in [0.15, 0.2) is 10.8 Å². The smallest absolute Gasteiger partial charge is 0.290 e. The normalized spacial score (nSPS) is 10.1. The second-order valence-corrected chi connectivity index (χ2v) is 6.15. The monoisotopic (exact) mass is 379 g/mol. The number of carbonyl (C=O) groups is 2. The summed E-state index contributed by atoms with van der Waals surface area (Å²) in [5.74, 6) is -0.847. The van der Waals surface area contributed by atoms with Crippen LogP contribution in [0.2, 0.25) is 0 Å². The van der Waals surface area contributed by atoms with Crippen LogP contribution in [0.1, 0.15) is 26.5 Å². The Balaban J connectivity index is 1.53. The topological polar surface area (TPSA) is 98.9 Å². The van der Waals surface area contributed by atoms with Gasteiger partial charge in [0.05, 0.1) is 0 Å². The van der Waals surface area contributed by atoms with Gasteiger partial charge in [-0.1, -0.05) is 42.5 Å². The minimum Gasteiger partial charge on any atom is -0.298 e. The fraction of sp³-hybridized carbons (Fsp3) is 0.0526. The Morgan fingerprint density at radius 3 is 2.22 bits per heavy atom. The number of aryl methyl sites for hydroxylation is 1. The van der Waals surface area contributed by atoms with Gasteiger partial charge in [0.25, 0.3) is 11.8 Å². The summed E-state index contributed by atoms with van der Waals surface area (Å²) >= 11 is 5.02. The van der Waals surface area contributed by atoms with Crippen LogP contribution in [0.25, 0.3) is 11.1 Å². The van der Waals surface area contributed by atoms with Crippen molar-refractivity contribution in [3.8, 4) is 11.1 Å². The molecule has 4 N–H and O–H groups in total. The summed E-state index contributed by atoms with van der Waals surface area (Å²) in [4.78, 5) is 24.1. The van der Waals surface area contributed by atoms with Crippen LogP contribution in [-0.2, 0) is 0 Å². The molecule has 1 aromatic heterocycles. The van der Waals surface area contributed by atoms with Crippen LogP contribution < -0.4 is 16.2 Å². The number of aromatic amines is 1. The summed E-state index contributed by atoms with van der Waals surface area (Å²) in [6.45, 7) is 1.78. The van der Waals surface area contributed by atoms with Crippen LogP contribution >= 0.6 is 12.2 Å². The van der Waals surface area contributed by atoms with Crippen molar-refractivity contribution in [1.82, 2.24) is 26.4 Å². The summed E-state index contributed by atoms with van der Waals surface area (Å²) in [6.07, 6.45) is 0. The molecule has 2 aromatic carbocycles. The summed E-state index contributed by atoms with van der Waals surface area (Å²) in [6, 6.07) is 18.6. The highest BCUT2D eigenvalue weighted by Gasteiger charge is 2.11. The van der Waals surface area contributed by atoms with Gasteiger partial charge in [0, 0.05) is 11.3 Å². The second kappa shape index (κ2) is 8.24. The van der Waals surface area contributed by atoms with Crippen molar-refractivity contribution >= 4 is 29.1 Å². The molecule has 8 heteroatoms. The molecular formula is C19H17N5O2S. The van der Waals surface area contributed by atoms with E-state index in [2.05, 4.69) is 26.4 Å². The standard InChI is InChI=1S/C19H17N5O2S/c1-12-11-16(22-21-12)18(26)23-24-19(27)20-17(25)15-9-7-14(8-10-15)13-5-3-2-4-6-13/h2-11H,1H3,(H,21,22)(H,23,26)(H2,20,24,25,27). The molecule has 0 atom stereocenters. The molecule has 0 aliphatic rings. The molecule has 2 amide bonds. The minimum atomic E-state index is -0.469. The average molecular weight is 379 g/mol. The molecule has 0 saturated carbocycles. The highest BCUT2D eigenvalue weighted by Crippen LogP contribution is 2.19. The molecule has 3 aromatic rings. The van der Waals surface area contributed by atoms with E-state index in [1.165, 1.54) is 0 Å². The van der Waals surface area contributed by atoms with Crippen molar-refractivity contribution in [2.45, 2.75) is 6.92 Å². The summed E-state index contributed by atoms with van der Waals surface area (Å²) in [7, 11) is 0. The lowest BCUT2D eigenvalue weighted by molar-refractivity contribution is 0.0930. The van der Waals surface area contributed by atoms with Crippen LogP contribution in [0.5, 0.6) is 0 Å². The van der Waals surface area contributed by atoms with Gasteiger partial charge in [-0.25, -0.2) is 0 Å². The molecule has 0 radical (unpaired) electrons. The number of carbonyl (C=O) groups excluding carboxylic acids is 2. The molecule has 136 valence electrons. The largest absolute Gasteiger partial charge is 0.298 e. The molecular weight excluding hydrogens is 362 g/mol. The number of aromatic nitrogens is 2. The first-order valence-corrected chi connectivity index (χ1v) is 8.53. The molecule has 0 aliphatic carbocycles. The van der Waals surface area contributed by atoms with E-state index in [-0.39, 0.29) is 16.7 Å². The van der Waals surface area contributed by atoms with E-state index in [4.69, 9.17) is 12.2 Å². The van der Waals surface area contributed by atoms with Gasteiger partial charge in [0.2, 0.25) is 0 Å². The molecule has 0 bridgehead atoms. The molecule has 7 nitrogen and oxygen atoms in total. The van der Waals surface area contributed by atoms with Gasteiger partial charge in [-0.2, -0.15) is 5.10 Å². The van der Waals surface area contributed by atoms with Crippen LogP contribution in [0.3, 0.4) is 0 Å². The van der Waals surface area contributed by atoms with Crippen molar-refractivity contribution in [2.75, 3.05) is 0 Å². The highest BCUT2D eigenvalue weighted by atomic mass is 32.1. The van der Waals surface area contributed by atoms with E-state index in [0.29, 0.717) is 5.56 Å². The minimum absolute atomic E-state index is 0.0206. The SMILES string of the molecule is Cc1cc(C(=O)NNC(=S)NC(=O)c2ccc(-c3ccccc3)cc2)n[nH]1. The third-order valence-corrected chi connectivity index (χ3v) is 3.91. The Kier molecular flexibility index (Phi) is 5.58. The zero-order valence-electron chi connectivity index (χ0n) is 14.4. The predicted molar refractivity (Wildman–Crippen MR) is 106 cm³/mol.